The number of hydrogen-bond donors (Lipinski definition) is 2. The second-order valence-electron chi connectivity index (χ2n) is 11.4. The molecule has 0 spiro atoms. The van der Waals surface area contributed by atoms with E-state index in [0.717, 1.165) is 44.7 Å². The highest BCUT2D eigenvalue weighted by Crippen LogP contribution is 2.44. The van der Waals surface area contributed by atoms with Crippen LogP contribution in [0.15, 0.2) is 0 Å². The zero-order valence-electron chi connectivity index (χ0n) is 20.6. The Kier molecular flexibility index (Phi) is 7.29. The first kappa shape index (κ1) is 23.6. The van der Waals surface area contributed by atoms with Crippen molar-refractivity contribution in [2.45, 2.75) is 108 Å². The van der Waals surface area contributed by atoms with Crippen molar-refractivity contribution in [1.29, 1.82) is 0 Å². The van der Waals surface area contributed by atoms with Crippen LogP contribution in [0.1, 0.15) is 78.1 Å². The Balaban J connectivity index is 1.31. The Morgan fingerprint density at radius 3 is 2.33 bits per heavy atom. The van der Waals surface area contributed by atoms with Gasteiger partial charge in [0.05, 0.1) is 18.2 Å². The van der Waals surface area contributed by atoms with Crippen molar-refractivity contribution in [3.63, 3.8) is 0 Å². The SMILES string of the molecule is CC(=O)N1C2CCC(C3CCCC(C4NCCCN4)C3)CC2N(C(=O)C2CCCO2)C[C@@H]1C. The number of hydrogen-bond acceptors (Lipinski definition) is 5. The van der Waals surface area contributed by atoms with Crippen molar-refractivity contribution in [1.82, 2.24) is 20.4 Å². The van der Waals surface area contributed by atoms with Gasteiger partial charge in [0.15, 0.2) is 0 Å². The standard InChI is InChI=1S/C26H44N4O3/c1-17-16-29(26(32)24-8-4-13-33-24)23-15-20(9-10-22(23)30(17)18(2)31)19-6-3-7-21(14-19)25-27-11-5-12-28-25/h17,19-25,27-28H,3-16H2,1-2H3/t17-,19?,20?,21?,22?,23?,24?/m0/s1. The molecule has 2 saturated carbocycles. The van der Waals surface area contributed by atoms with Crippen molar-refractivity contribution in [3.05, 3.63) is 0 Å². The summed E-state index contributed by atoms with van der Waals surface area (Å²) >= 11 is 0. The molecule has 3 saturated heterocycles. The van der Waals surface area contributed by atoms with Crippen LogP contribution in [0, 0.1) is 17.8 Å². The zero-order chi connectivity index (χ0) is 22.9. The molecular weight excluding hydrogens is 416 g/mol. The van der Waals surface area contributed by atoms with Crippen molar-refractivity contribution >= 4 is 11.8 Å². The molecule has 0 aromatic carbocycles. The fourth-order valence-corrected chi connectivity index (χ4v) is 7.85. The van der Waals surface area contributed by atoms with E-state index in [0.29, 0.717) is 31.2 Å². The van der Waals surface area contributed by atoms with Gasteiger partial charge in [0.2, 0.25) is 5.91 Å². The molecule has 33 heavy (non-hydrogen) atoms. The molecule has 5 aliphatic rings. The number of rotatable bonds is 3. The van der Waals surface area contributed by atoms with Crippen LogP contribution >= 0.6 is 0 Å². The molecule has 0 aromatic heterocycles. The lowest BCUT2D eigenvalue weighted by atomic mass is 9.67. The first-order valence-corrected chi connectivity index (χ1v) is 13.7. The Bertz CT molecular complexity index is 706. The van der Waals surface area contributed by atoms with E-state index >= 15 is 0 Å². The predicted octanol–water partition coefficient (Wildman–Crippen LogP) is 2.50. The summed E-state index contributed by atoms with van der Waals surface area (Å²) in [6.45, 7) is 7.41. The number of carbonyl (C=O) groups is 2. The van der Waals surface area contributed by atoms with Crippen LogP contribution in [-0.2, 0) is 14.3 Å². The minimum absolute atomic E-state index is 0.0770. The van der Waals surface area contributed by atoms with Crippen molar-refractivity contribution in [2.24, 2.45) is 17.8 Å². The summed E-state index contributed by atoms with van der Waals surface area (Å²) in [4.78, 5) is 30.3. The molecule has 3 heterocycles. The highest BCUT2D eigenvalue weighted by molar-refractivity contribution is 5.82. The lowest BCUT2D eigenvalue weighted by Crippen LogP contribution is -2.68. The lowest BCUT2D eigenvalue weighted by Gasteiger charge is -2.55. The topological polar surface area (TPSA) is 73.9 Å². The van der Waals surface area contributed by atoms with Crippen molar-refractivity contribution in [3.8, 4) is 0 Å². The first-order chi connectivity index (χ1) is 16.0. The molecule has 0 aromatic rings. The van der Waals surface area contributed by atoms with Crippen molar-refractivity contribution in [2.75, 3.05) is 26.2 Å². The van der Waals surface area contributed by atoms with Crippen LogP contribution in [0.25, 0.3) is 0 Å². The number of ether oxygens (including phenoxy) is 1. The molecule has 6 unspecified atom stereocenters. The molecule has 5 rings (SSSR count). The van der Waals surface area contributed by atoms with E-state index in [1.165, 1.54) is 38.5 Å². The summed E-state index contributed by atoms with van der Waals surface area (Å²) in [5.41, 5.74) is 0. The average Bonchev–Trinajstić information content (AvgIpc) is 3.38. The molecule has 186 valence electrons. The fourth-order valence-electron chi connectivity index (χ4n) is 7.85. The highest BCUT2D eigenvalue weighted by Gasteiger charge is 2.49. The zero-order valence-corrected chi connectivity index (χ0v) is 20.6. The number of piperazine rings is 1. The van der Waals surface area contributed by atoms with Gasteiger partial charge in [0.25, 0.3) is 5.91 Å². The predicted molar refractivity (Wildman–Crippen MR) is 127 cm³/mol. The normalized spacial score (nSPS) is 40.5. The third kappa shape index (κ3) is 4.83. The molecular formula is C26H44N4O3. The first-order valence-electron chi connectivity index (χ1n) is 13.7. The highest BCUT2D eigenvalue weighted by atomic mass is 16.5. The molecule has 0 radical (unpaired) electrons. The second-order valence-corrected chi connectivity index (χ2v) is 11.4. The van der Waals surface area contributed by atoms with Gasteiger partial charge in [-0.2, -0.15) is 0 Å². The van der Waals surface area contributed by atoms with E-state index in [-0.39, 0.29) is 36.0 Å². The molecule has 3 aliphatic heterocycles. The summed E-state index contributed by atoms with van der Waals surface area (Å²) in [7, 11) is 0. The number of nitrogens with one attached hydrogen (secondary N) is 2. The van der Waals surface area contributed by atoms with Gasteiger partial charge in [0, 0.05) is 26.1 Å². The minimum Gasteiger partial charge on any atom is -0.368 e. The van der Waals surface area contributed by atoms with Gasteiger partial charge >= 0.3 is 0 Å². The van der Waals surface area contributed by atoms with E-state index < -0.39 is 0 Å². The van der Waals surface area contributed by atoms with Crippen LogP contribution in [0.2, 0.25) is 0 Å². The molecule has 0 bridgehead atoms. The maximum atomic E-state index is 13.5. The molecule has 7 nitrogen and oxygen atoms in total. The summed E-state index contributed by atoms with van der Waals surface area (Å²) in [6.07, 6.45) is 11.7. The van der Waals surface area contributed by atoms with Gasteiger partial charge in [-0.3, -0.25) is 9.59 Å². The average molecular weight is 461 g/mol. The van der Waals surface area contributed by atoms with Crippen LogP contribution in [0.4, 0.5) is 0 Å². The van der Waals surface area contributed by atoms with E-state index in [1.807, 2.05) is 0 Å². The van der Waals surface area contributed by atoms with Gasteiger partial charge in [-0.05, 0) is 89.1 Å². The Morgan fingerprint density at radius 2 is 1.61 bits per heavy atom. The van der Waals surface area contributed by atoms with Crippen LogP contribution in [0.5, 0.6) is 0 Å². The van der Waals surface area contributed by atoms with Crippen LogP contribution in [0.3, 0.4) is 0 Å². The molecule has 2 N–H and O–H groups in total. The maximum absolute atomic E-state index is 13.5. The molecule has 5 fully saturated rings. The van der Waals surface area contributed by atoms with Gasteiger partial charge < -0.3 is 25.2 Å². The molecule has 7 heteroatoms. The lowest BCUT2D eigenvalue weighted by molar-refractivity contribution is -0.160. The third-order valence-corrected chi connectivity index (χ3v) is 9.34. The van der Waals surface area contributed by atoms with Crippen molar-refractivity contribution < 1.29 is 14.3 Å². The van der Waals surface area contributed by atoms with Crippen LogP contribution in [-0.4, -0.2) is 78.3 Å². The molecule has 2 amide bonds. The summed E-state index contributed by atoms with van der Waals surface area (Å²) in [6, 6.07) is 0.383. The van der Waals surface area contributed by atoms with E-state index in [2.05, 4.69) is 27.4 Å². The van der Waals surface area contributed by atoms with Crippen LogP contribution < -0.4 is 10.6 Å². The summed E-state index contributed by atoms with van der Waals surface area (Å²) in [5.74, 6) is 2.44. The largest absolute Gasteiger partial charge is 0.368 e. The second kappa shape index (κ2) is 10.2. The monoisotopic (exact) mass is 460 g/mol. The Hall–Kier alpha value is -1.18. The fraction of sp³-hybridized carbons (Fsp3) is 0.923. The van der Waals surface area contributed by atoms with Gasteiger partial charge in [-0.25, -0.2) is 0 Å². The maximum Gasteiger partial charge on any atom is 0.252 e. The van der Waals surface area contributed by atoms with Gasteiger partial charge in [-0.15, -0.1) is 0 Å². The Morgan fingerprint density at radius 1 is 0.848 bits per heavy atom. The number of carbonyl (C=O) groups excluding carboxylic acids is 2. The number of nitrogens with zero attached hydrogens (tertiary/aromatic N) is 2. The number of amides is 2. The third-order valence-electron chi connectivity index (χ3n) is 9.34. The summed E-state index contributed by atoms with van der Waals surface area (Å²) in [5, 5.41) is 7.42. The quantitative estimate of drug-likeness (QED) is 0.677. The van der Waals surface area contributed by atoms with Gasteiger partial charge in [-0.1, -0.05) is 12.8 Å². The minimum atomic E-state index is -0.274. The molecule has 7 atom stereocenters. The van der Waals surface area contributed by atoms with E-state index in [9.17, 15) is 9.59 Å². The molecule has 2 aliphatic carbocycles. The Labute approximate surface area is 199 Å². The number of fused-ring (bicyclic) bond motifs is 1. The van der Waals surface area contributed by atoms with Gasteiger partial charge in [0.1, 0.15) is 6.10 Å². The smallest absolute Gasteiger partial charge is 0.252 e. The van der Waals surface area contributed by atoms with E-state index in [4.69, 9.17) is 4.74 Å². The van der Waals surface area contributed by atoms with E-state index in [1.54, 1.807) is 6.92 Å². The summed E-state index contributed by atoms with van der Waals surface area (Å²) < 4.78 is 5.80.